The second-order valence-electron chi connectivity index (χ2n) is 7.10. The van der Waals surface area contributed by atoms with E-state index in [4.69, 9.17) is 21.1 Å². The molecule has 1 unspecified atom stereocenters. The highest BCUT2D eigenvalue weighted by molar-refractivity contribution is 7.07. The van der Waals surface area contributed by atoms with E-state index in [0.29, 0.717) is 38.0 Å². The van der Waals surface area contributed by atoms with Crippen molar-refractivity contribution in [1.29, 1.82) is 0 Å². The number of allylic oxidation sites excluding steroid dienone is 1. The molecular weight excluding hydrogens is 448 g/mol. The first kappa shape index (κ1) is 22.0. The number of benzene rings is 2. The van der Waals surface area contributed by atoms with Gasteiger partial charge in [-0.05, 0) is 43.7 Å². The van der Waals surface area contributed by atoms with Crippen LogP contribution in [-0.2, 0) is 9.53 Å². The van der Waals surface area contributed by atoms with Gasteiger partial charge in [-0.1, -0.05) is 53.3 Å². The number of thiazole rings is 1. The van der Waals surface area contributed by atoms with Gasteiger partial charge in [0.1, 0.15) is 5.75 Å². The van der Waals surface area contributed by atoms with E-state index in [1.165, 1.54) is 18.4 Å². The fraction of sp³-hybridized carbons (Fsp3) is 0.208. The predicted molar refractivity (Wildman–Crippen MR) is 125 cm³/mol. The topological polar surface area (TPSA) is 69.9 Å². The van der Waals surface area contributed by atoms with Gasteiger partial charge in [0.15, 0.2) is 4.80 Å². The lowest BCUT2D eigenvalue weighted by atomic mass is 9.96. The molecule has 8 heteroatoms. The van der Waals surface area contributed by atoms with Gasteiger partial charge in [0.05, 0.1) is 35.6 Å². The van der Waals surface area contributed by atoms with Crippen LogP contribution in [0.4, 0.5) is 0 Å². The molecule has 32 heavy (non-hydrogen) atoms. The highest BCUT2D eigenvalue weighted by atomic mass is 35.5. The molecule has 0 bridgehead atoms. The molecule has 3 aromatic rings. The van der Waals surface area contributed by atoms with Crippen molar-refractivity contribution >= 4 is 35.0 Å². The molecule has 0 radical (unpaired) electrons. The SMILES string of the molecule is CCOc1ccccc1/C=c1\sc2n(c1=O)C(c1ccc(Cl)cc1)C(C(=O)OC)=C(C)N=2. The predicted octanol–water partition coefficient (Wildman–Crippen LogP) is 3.46. The van der Waals surface area contributed by atoms with Gasteiger partial charge < -0.3 is 9.47 Å². The number of hydrogen-bond acceptors (Lipinski definition) is 6. The molecule has 1 atom stereocenters. The van der Waals surface area contributed by atoms with Gasteiger partial charge in [-0.2, -0.15) is 0 Å². The zero-order valence-electron chi connectivity index (χ0n) is 17.8. The van der Waals surface area contributed by atoms with Crippen molar-refractivity contribution < 1.29 is 14.3 Å². The van der Waals surface area contributed by atoms with Crippen molar-refractivity contribution in [2.24, 2.45) is 4.99 Å². The van der Waals surface area contributed by atoms with Crippen molar-refractivity contribution in [1.82, 2.24) is 4.57 Å². The number of ether oxygens (including phenoxy) is 2. The fourth-order valence-corrected chi connectivity index (χ4v) is 4.84. The first-order chi connectivity index (χ1) is 15.4. The normalized spacial score (nSPS) is 15.9. The van der Waals surface area contributed by atoms with Gasteiger partial charge in [-0.15, -0.1) is 0 Å². The number of para-hydroxylation sites is 1. The summed E-state index contributed by atoms with van der Waals surface area (Å²) < 4.78 is 12.7. The maximum atomic E-state index is 13.5. The van der Waals surface area contributed by atoms with E-state index < -0.39 is 12.0 Å². The van der Waals surface area contributed by atoms with Crippen LogP contribution in [-0.4, -0.2) is 24.3 Å². The Balaban J connectivity index is 1.96. The Kier molecular flexibility index (Phi) is 6.30. The molecular formula is C24H21ClN2O4S. The van der Waals surface area contributed by atoms with E-state index in [1.54, 1.807) is 41.8 Å². The largest absolute Gasteiger partial charge is 0.493 e. The summed E-state index contributed by atoms with van der Waals surface area (Å²) in [6.45, 7) is 4.18. The number of nitrogens with zero attached hydrogens (tertiary/aromatic N) is 2. The Morgan fingerprint density at radius 2 is 1.94 bits per heavy atom. The molecule has 1 aliphatic heterocycles. The second kappa shape index (κ2) is 9.14. The summed E-state index contributed by atoms with van der Waals surface area (Å²) in [6.07, 6.45) is 1.80. The number of methoxy groups -OCH3 is 1. The zero-order valence-corrected chi connectivity index (χ0v) is 19.4. The zero-order chi connectivity index (χ0) is 22.8. The van der Waals surface area contributed by atoms with Gasteiger partial charge in [-0.3, -0.25) is 9.36 Å². The summed E-state index contributed by atoms with van der Waals surface area (Å²) in [4.78, 5) is 31.3. The second-order valence-corrected chi connectivity index (χ2v) is 8.54. The number of hydrogen-bond donors (Lipinski definition) is 0. The van der Waals surface area contributed by atoms with Gasteiger partial charge in [0, 0.05) is 10.6 Å². The maximum Gasteiger partial charge on any atom is 0.338 e. The smallest absolute Gasteiger partial charge is 0.338 e. The summed E-state index contributed by atoms with van der Waals surface area (Å²) in [5, 5.41) is 0.564. The molecule has 1 aromatic heterocycles. The molecule has 0 fully saturated rings. The summed E-state index contributed by atoms with van der Waals surface area (Å²) in [5.41, 5.74) is 2.13. The van der Waals surface area contributed by atoms with Crippen molar-refractivity contribution in [3.05, 3.63) is 95.6 Å². The Morgan fingerprint density at radius 1 is 1.22 bits per heavy atom. The third kappa shape index (κ3) is 4.01. The number of carbonyl (C=O) groups excluding carboxylic acids is 1. The maximum absolute atomic E-state index is 13.5. The van der Waals surface area contributed by atoms with Crippen LogP contribution in [0, 0.1) is 0 Å². The first-order valence-corrected chi connectivity index (χ1v) is 11.2. The van der Waals surface area contributed by atoms with Gasteiger partial charge >= 0.3 is 5.97 Å². The highest BCUT2D eigenvalue weighted by Gasteiger charge is 2.33. The number of halogens is 1. The standard InChI is InChI=1S/C24H21ClN2O4S/c1-4-31-18-8-6-5-7-16(18)13-19-22(28)27-21(15-9-11-17(25)12-10-15)20(23(29)30-3)14(2)26-24(27)32-19/h5-13,21H,4H2,1-3H3/b19-13-. The molecule has 0 amide bonds. The number of aromatic nitrogens is 1. The number of fused-ring (bicyclic) bond motifs is 1. The Bertz CT molecular complexity index is 1390. The third-order valence-corrected chi connectivity index (χ3v) is 6.35. The number of rotatable bonds is 5. The minimum Gasteiger partial charge on any atom is -0.493 e. The monoisotopic (exact) mass is 468 g/mol. The van der Waals surface area contributed by atoms with Crippen LogP contribution < -0.4 is 19.6 Å². The summed E-state index contributed by atoms with van der Waals surface area (Å²) in [7, 11) is 1.32. The molecule has 164 valence electrons. The molecule has 0 spiro atoms. The lowest BCUT2D eigenvalue weighted by molar-refractivity contribution is -0.136. The van der Waals surface area contributed by atoms with Crippen molar-refractivity contribution in [2.75, 3.05) is 13.7 Å². The lowest BCUT2D eigenvalue weighted by Crippen LogP contribution is -2.39. The van der Waals surface area contributed by atoms with Crippen LogP contribution in [0.2, 0.25) is 5.02 Å². The minimum atomic E-state index is -0.666. The molecule has 2 aromatic carbocycles. The third-order valence-electron chi connectivity index (χ3n) is 5.12. The van der Waals surface area contributed by atoms with E-state index in [2.05, 4.69) is 4.99 Å². The van der Waals surface area contributed by atoms with Gasteiger partial charge in [-0.25, -0.2) is 9.79 Å². The van der Waals surface area contributed by atoms with E-state index in [9.17, 15) is 9.59 Å². The average molecular weight is 469 g/mol. The van der Waals surface area contributed by atoms with Crippen molar-refractivity contribution in [2.45, 2.75) is 19.9 Å². The quantitative estimate of drug-likeness (QED) is 0.538. The van der Waals surface area contributed by atoms with E-state index in [1.807, 2.05) is 31.2 Å². The highest BCUT2D eigenvalue weighted by Crippen LogP contribution is 2.31. The van der Waals surface area contributed by atoms with Crippen LogP contribution in [0.5, 0.6) is 5.75 Å². The van der Waals surface area contributed by atoms with E-state index in [-0.39, 0.29) is 5.56 Å². The Morgan fingerprint density at radius 3 is 2.62 bits per heavy atom. The van der Waals surface area contributed by atoms with Crippen LogP contribution >= 0.6 is 22.9 Å². The van der Waals surface area contributed by atoms with Crippen molar-refractivity contribution in [3.63, 3.8) is 0 Å². The molecule has 0 saturated carbocycles. The Hall–Kier alpha value is -3.16. The molecule has 0 aliphatic carbocycles. The summed E-state index contributed by atoms with van der Waals surface area (Å²) in [5.74, 6) is 0.170. The number of esters is 1. The molecule has 4 rings (SSSR count). The number of carbonyl (C=O) groups is 1. The molecule has 1 aliphatic rings. The van der Waals surface area contributed by atoms with Gasteiger partial charge in [0.2, 0.25) is 0 Å². The molecule has 0 N–H and O–H groups in total. The molecule has 0 saturated heterocycles. The van der Waals surface area contributed by atoms with Crippen LogP contribution in [0.3, 0.4) is 0 Å². The van der Waals surface area contributed by atoms with Gasteiger partial charge in [0.25, 0.3) is 5.56 Å². The molecule has 6 nitrogen and oxygen atoms in total. The van der Waals surface area contributed by atoms with E-state index in [0.717, 1.165) is 11.1 Å². The van der Waals surface area contributed by atoms with Crippen molar-refractivity contribution in [3.8, 4) is 5.75 Å². The minimum absolute atomic E-state index is 0.242. The first-order valence-electron chi connectivity index (χ1n) is 10.0. The average Bonchev–Trinajstić information content (AvgIpc) is 3.09. The van der Waals surface area contributed by atoms with Crippen LogP contribution in [0.25, 0.3) is 6.08 Å². The fourth-order valence-electron chi connectivity index (χ4n) is 3.68. The Labute approximate surface area is 193 Å². The van der Waals surface area contributed by atoms with E-state index >= 15 is 0 Å². The summed E-state index contributed by atoms with van der Waals surface area (Å²) >= 11 is 7.34. The lowest BCUT2D eigenvalue weighted by Gasteiger charge is -2.24. The molecule has 2 heterocycles. The van der Waals surface area contributed by atoms with Crippen LogP contribution in [0.1, 0.15) is 31.0 Å². The summed E-state index contributed by atoms with van der Waals surface area (Å²) in [6, 6.07) is 13.9. The van der Waals surface area contributed by atoms with Crippen LogP contribution in [0.15, 0.2) is 69.6 Å².